The van der Waals surface area contributed by atoms with E-state index in [1.165, 1.54) is 6.92 Å². The van der Waals surface area contributed by atoms with E-state index in [1.54, 1.807) is 26.0 Å². The highest BCUT2D eigenvalue weighted by atomic mass is 16.2. The fourth-order valence-corrected chi connectivity index (χ4v) is 3.09. The summed E-state index contributed by atoms with van der Waals surface area (Å²) in [5.41, 5.74) is 1.96. The van der Waals surface area contributed by atoms with Crippen LogP contribution in [0.4, 0.5) is 5.82 Å². The summed E-state index contributed by atoms with van der Waals surface area (Å²) in [6.45, 7) is 8.76. The first-order valence-electron chi connectivity index (χ1n) is 9.89. The highest BCUT2D eigenvalue weighted by molar-refractivity contribution is 6.07. The zero-order valence-electron chi connectivity index (χ0n) is 18.0. The topological polar surface area (TPSA) is 94.9 Å². The number of hydrogen-bond donors (Lipinski definition) is 3. The highest BCUT2D eigenvalue weighted by Crippen LogP contribution is 2.23. The van der Waals surface area contributed by atoms with E-state index in [2.05, 4.69) is 27.5 Å². The predicted molar refractivity (Wildman–Crippen MR) is 120 cm³/mol. The van der Waals surface area contributed by atoms with Crippen LogP contribution < -0.4 is 10.6 Å². The van der Waals surface area contributed by atoms with Gasteiger partial charge in [-0.2, -0.15) is 0 Å². The van der Waals surface area contributed by atoms with Gasteiger partial charge in [-0.3, -0.25) is 9.59 Å². The lowest BCUT2D eigenvalue weighted by molar-refractivity contribution is -0.118. The van der Waals surface area contributed by atoms with Crippen molar-refractivity contribution in [3.8, 4) is 11.8 Å². The van der Waals surface area contributed by atoms with Gasteiger partial charge < -0.3 is 16.0 Å². The molecule has 156 valence electrons. The number of ketones is 1. The number of pyridine rings is 1. The van der Waals surface area contributed by atoms with Gasteiger partial charge >= 0.3 is 0 Å². The number of nitrogens with one attached hydrogen (secondary N) is 3. The van der Waals surface area contributed by atoms with Crippen LogP contribution in [0.25, 0.3) is 0 Å². The van der Waals surface area contributed by atoms with Crippen LogP contribution in [0, 0.1) is 17.3 Å². The Bertz CT molecular complexity index is 973. The summed E-state index contributed by atoms with van der Waals surface area (Å²) in [5, 5.41) is 14.0. The van der Waals surface area contributed by atoms with Crippen molar-refractivity contribution < 1.29 is 9.59 Å². The second-order valence-corrected chi connectivity index (χ2v) is 7.51. The van der Waals surface area contributed by atoms with Crippen molar-refractivity contribution in [3.63, 3.8) is 0 Å². The molecule has 2 atom stereocenters. The molecule has 1 aromatic heterocycles. The number of anilines is 1. The summed E-state index contributed by atoms with van der Waals surface area (Å²) < 4.78 is 0. The summed E-state index contributed by atoms with van der Waals surface area (Å²) in [6, 6.07) is 12.6. The molecule has 3 N–H and O–H groups in total. The van der Waals surface area contributed by atoms with Crippen molar-refractivity contribution in [1.29, 1.82) is 5.41 Å². The second-order valence-electron chi connectivity index (χ2n) is 7.51. The molecule has 0 saturated heterocycles. The zero-order valence-corrected chi connectivity index (χ0v) is 18.0. The average molecular weight is 405 g/mol. The quantitative estimate of drug-likeness (QED) is 0.486. The van der Waals surface area contributed by atoms with Crippen LogP contribution in [0.2, 0.25) is 0 Å². The molecule has 0 spiro atoms. The van der Waals surface area contributed by atoms with E-state index in [-0.39, 0.29) is 29.5 Å². The first-order chi connectivity index (χ1) is 14.2. The third-order valence-corrected chi connectivity index (χ3v) is 4.40. The molecule has 0 saturated carbocycles. The van der Waals surface area contributed by atoms with Crippen LogP contribution in [-0.2, 0) is 9.59 Å². The monoisotopic (exact) mass is 404 g/mol. The van der Waals surface area contributed by atoms with Crippen LogP contribution >= 0.6 is 0 Å². The van der Waals surface area contributed by atoms with E-state index in [1.807, 2.05) is 44.2 Å². The molecule has 1 amide bonds. The number of hydrogen-bond acceptors (Lipinski definition) is 5. The van der Waals surface area contributed by atoms with Crippen molar-refractivity contribution in [1.82, 2.24) is 10.3 Å². The SMILES string of the molecule is CC(=N)C(C(C)=O)c1ccc(NC(=O)C(C)NC(C)C)nc1C#Cc1ccccc1. The zero-order chi connectivity index (χ0) is 22.3. The third-order valence-electron chi connectivity index (χ3n) is 4.40. The Morgan fingerprint density at radius 1 is 1.00 bits per heavy atom. The first-order valence-corrected chi connectivity index (χ1v) is 9.89. The molecule has 1 aromatic carbocycles. The Kier molecular flexibility index (Phi) is 8.02. The number of Topliss-reactive ketones (excluding diaryl/α,β-unsaturated/α-hetero) is 1. The maximum absolute atomic E-state index is 12.4. The van der Waals surface area contributed by atoms with Crippen LogP contribution in [-0.4, -0.2) is 34.5 Å². The third kappa shape index (κ3) is 6.36. The fourth-order valence-electron chi connectivity index (χ4n) is 3.09. The van der Waals surface area contributed by atoms with Crippen molar-refractivity contribution in [2.45, 2.75) is 52.6 Å². The Morgan fingerprint density at radius 3 is 2.23 bits per heavy atom. The van der Waals surface area contributed by atoms with E-state index in [9.17, 15) is 9.59 Å². The van der Waals surface area contributed by atoms with Crippen LogP contribution in [0.15, 0.2) is 42.5 Å². The minimum atomic E-state index is -0.719. The summed E-state index contributed by atoms with van der Waals surface area (Å²) >= 11 is 0. The molecule has 0 bridgehead atoms. The molecule has 1 heterocycles. The van der Waals surface area contributed by atoms with Crippen LogP contribution in [0.3, 0.4) is 0 Å². The second kappa shape index (κ2) is 10.5. The molecule has 2 aromatic rings. The summed E-state index contributed by atoms with van der Waals surface area (Å²) in [6.07, 6.45) is 0. The van der Waals surface area contributed by atoms with E-state index in [0.29, 0.717) is 17.1 Å². The van der Waals surface area contributed by atoms with Gasteiger partial charge in [-0.25, -0.2) is 4.98 Å². The Hall–Kier alpha value is -3.30. The molecule has 2 unspecified atom stereocenters. The van der Waals surface area contributed by atoms with Gasteiger partial charge in [0.05, 0.1) is 12.0 Å². The smallest absolute Gasteiger partial charge is 0.242 e. The van der Waals surface area contributed by atoms with Gasteiger partial charge in [-0.05, 0) is 44.9 Å². The lowest BCUT2D eigenvalue weighted by atomic mass is 9.90. The van der Waals surface area contributed by atoms with Gasteiger partial charge in [-0.1, -0.05) is 44.0 Å². The molecule has 2 rings (SSSR count). The summed E-state index contributed by atoms with van der Waals surface area (Å²) in [4.78, 5) is 29.1. The first kappa shape index (κ1) is 23.0. The molecule has 30 heavy (non-hydrogen) atoms. The molecule has 6 heteroatoms. The van der Waals surface area contributed by atoms with Crippen molar-refractivity contribution in [2.24, 2.45) is 0 Å². The number of amides is 1. The number of nitrogens with zero attached hydrogens (tertiary/aromatic N) is 1. The maximum atomic E-state index is 12.4. The van der Waals surface area contributed by atoms with Gasteiger partial charge in [0, 0.05) is 22.9 Å². The predicted octanol–water partition coefficient (Wildman–Crippen LogP) is 3.52. The number of benzene rings is 1. The van der Waals surface area contributed by atoms with Crippen LogP contribution in [0.5, 0.6) is 0 Å². The lowest BCUT2D eigenvalue weighted by Crippen LogP contribution is -2.41. The minimum Gasteiger partial charge on any atom is -0.309 e. The van der Waals surface area contributed by atoms with Gasteiger partial charge in [0.1, 0.15) is 17.3 Å². The lowest BCUT2D eigenvalue weighted by Gasteiger charge is -2.18. The summed E-state index contributed by atoms with van der Waals surface area (Å²) in [7, 11) is 0. The Labute approximate surface area is 178 Å². The van der Waals surface area contributed by atoms with Gasteiger partial charge in [0.2, 0.25) is 5.91 Å². The van der Waals surface area contributed by atoms with Crippen molar-refractivity contribution in [2.75, 3.05) is 5.32 Å². The minimum absolute atomic E-state index is 0.154. The highest BCUT2D eigenvalue weighted by Gasteiger charge is 2.23. The Morgan fingerprint density at radius 2 is 1.67 bits per heavy atom. The molecule has 0 aliphatic carbocycles. The molecular formula is C24H28N4O2. The van der Waals surface area contributed by atoms with Crippen molar-refractivity contribution >= 4 is 23.2 Å². The Balaban J connectivity index is 2.44. The normalized spacial score (nSPS) is 12.5. The number of aromatic nitrogens is 1. The summed E-state index contributed by atoms with van der Waals surface area (Å²) in [5.74, 6) is 5.33. The molecule has 6 nitrogen and oxygen atoms in total. The molecule has 0 fully saturated rings. The van der Waals surface area contributed by atoms with E-state index in [0.717, 1.165) is 5.56 Å². The number of carbonyl (C=O) groups is 2. The van der Waals surface area contributed by atoms with Gasteiger partial charge in [-0.15, -0.1) is 0 Å². The fraction of sp³-hybridized carbons (Fsp3) is 0.333. The average Bonchev–Trinajstić information content (AvgIpc) is 2.67. The van der Waals surface area contributed by atoms with Gasteiger partial charge in [0.25, 0.3) is 0 Å². The number of rotatable bonds is 7. The van der Waals surface area contributed by atoms with Gasteiger partial charge in [0.15, 0.2) is 0 Å². The molecule has 0 radical (unpaired) electrons. The van der Waals surface area contributed by atoms with E-state index >= 15 is 0 Å². The molecule has 0 aliphatic rings. The number of carbonyl (C=O) groups excluding carboxylic acids is 2. The largest absolute Gasteiger partial charge is 0.309 e. The van der Waals surface area contributed by atoms with E-state index in [4.69, 9.17) is 5.41 Å². The molecular weight excluding hydrogens is 376 g/mol. The standard InChI is InChI=1S/C24H28N4O2/c1-15(2)26-17(4)24(30)28-22-14-12-20(23(16(3)25)18(5)29)21(27-22)13-11-19-9-7-6-8-10-19/h6-10,12,14-15,17,23,25-26H,1-5H3,(H,27,28,30). The maximum Gasteiger partial charge on any atom is 0.242 e. The molecule has 0 aliphatic heterocycles. The van der Waals surface area contributed by atoms with Crippen LogP contribution in [0.1, 0.15) is 57.4 Å². The van der Waals surface area contributed by atoms with Crippen molar-refractivity contribution in [3.05, 3.63) is 59.3 Å². The van der Waals surface area contributed by atoms with E-state index < -0.39 is 5.92 Å².